The molecule has 0 aromatic carbocycles. The summed E-state index contributed by atoms with van der Waals surface area (Å²) in [6.07, 6.45) is 9.89. The lowest BCUT2D eigenvalue weighted by Crippen LogP contribution is -2.36. The Balaban J connectivity index is -0.000000750. The van der Waals surface area contributed by atoms with Gasteiger partial charge in [-0.1, -0.05) is 45.4 Å². The maximum absolute atomic E-state index is 5.33. The molecule has 114 valence electrons. The van der Waals surface area contributed by atoms with E-state index in [0.29, 0.717) is 0 Å². The molecular weight excluding hydrogens is 293 g/mol. The van der Waals surface area contributed by atoms with Gasteiger partial charge in [-0.15, -0.1) is 37.2 Å². The van der Waals surface area contributed by atoms with Gasteiger partial charge in [0.15, 0.2) is 0 Å². The zero-order valence-corrected chi connectivity index (χ0v) is 14.0. The van der Waals surface area contributed by atoms with Gasteiger partial charge in [0.2, 0.25) is 0 Å². The van der Waals surface area contributed by atoms with Crippen molar-refractivity contribution in [3.05, 3.63) is 0 Å². The lowest BCUT2D eigenvalue weighted by atomic mass is 10.1. The number of hydrogen-bond donors (Lipinski definition) is 0. The third-order valence-corrected chi connectivity index (χ3v) is 3.18. The normalized spacial score (nSPS) is 15.2. The molecule has 1 rings (SSSR count). The second-order valence-electron chi connectivity index (χ2n) is 4.58. The molecule has 0 N–H and O–H groups in total. The van der Waals surface area contributed by atoms with Crippen LogP contribution in [0.25, 0.3) is 0 Å². The Bertz CT molecular complexity index is 144. The highest BCUT2D eigenvalue weighted by molar-refractivity contribution is 5.86. The summed E-state index contributed by atoms with van der Waals surface area (Å²) in [6.45, 7) is 7.74. The summed E-state index contributed by atoms with van der Waals surface area (Å²) in [5.74, 6) is 0. The van der Waals surface area contributed by atoms with E-state index in [-0.39, 0.29) is 37.2 Å². The minimum atomic E-state index is 0. The molecule has 0 aliphatic carbocycles. The van der Waals surface area contributed by atoms with E-state index in [1.165, 1.54) is 51.5 Å². The van der Waals surface area contributed by atoms with Crippen LogP contribution in [0.2, 0.25) is 0 Å². The molecule has 1 aliphatic heterocycles. The maximum atomic E-state index is 5.33. The molecule has 0 radical (unpaired) electrons. The van der Waals surface area contributed by atoms with E-state index in [1.807, 2.05) is 0 Å². The Morgan fingerprint density at radius 2 is 1.28 bits per heavy atom. The van der Waals surface area contributed by atoms with E-state index in [4.69, 9.17) is 4.74 Å². The van der Waals surface area contributed by atoms with E-state index in [0.717, 1.165) is 26.3 Å². The van der Waals surface area contributed by atoms with Gasteiger partial charge in [-0.25, -0.2) is 0 Å². The van der Waals surface area contributed by atoms with Gasteiger partial charge < -0.3 is 4.74 Å². The Kier molecular flexibility index (Phi) is 23.6. The minimum Gasteiger partial charge on any atom is -0.379 e. The molecule has 0 amide bonds. The molecule has 0 aromatic rings. The van der Waals surface area contributed by atoms with Crippen molar-refractivity contribution in [1.82, 2.24) is 4.90 Å². The topological polar surface area (TPSA) is 12.5 Å². The molecule has 0 spiro atoms. The third kappa shape index (κ3) is 13.2. The van der Waals surface area contributed by atoms with Crippen molar-refractivity contribution in [3.8, 4) is 0 Å². The summed E-state index contributed by atoms with van der Waals surface area (Å²) in [5, 5.41) is 0. The molecule has 1 saturated heterocycles. The summed E-state index contributed by atoms with van der Waals surface area (Å²) < 4.78 is 5.33. The van der Waals surface area contributed by atoms with Crippen LogP contribution in [0.5, 0.6) is 0 Å². The van der Waals surface area contributed by atoms with Gasteiger partial charge in [0, 0.05) is 13.1 Å². The van der Waals surface area contributed by atoms with Crippen LogP contribution >= 0.6 is 37.2 Å². The summed E-state index contributed by atoms with van der Waals surface area (Å²) in [7, 11) is 0. The van der Waals surface area contributed by atoms with Gasteiger partial charge in [-0.2, -0.15) is 0 Å². The number of rotatable bonds is 8. The predicted molar refractivity (Wildman–Crippen MR) is 87.0 cm³/mol. The van der Waals surface area contributed by atoms with Crippen molar-refractivity contribution in [2.75, 3.05) is 32.8 Å². The lowest BCUT2D eigenvalue weighted by Gasteiger charge is -2.26. The predicted octanol–water partition coefficient (Wildman–Crippen LogP) is 4.33. The van der Waals surface area contributed by atoms with E-state index in [9.17, 15) is 0 Å². The number of nitrogens with zero attached hydrogens (tertiary/aromatic N) is 1. The fourth-order valence-electron chi connectivity index (χ4n) is 2.12. The van der Waals surface area contributed by atoms with Crippen molar-refractivity contribution in [2.24, 2.45) is 0 Å². The Labute approximate surface area is 131 Å². The molecule has 0 bridgehead atoms. The molecule has 1 aliphatic rings. The first kappa shape index (κ1) is 23.9. The van der Waals surface area contributed by atoms with Crippen molar-refractivity contribution >= 4 is 37.2 Å². The molecule has 0 atom stereocenters. The lowest BCUT2D eigenvalue weighted by molar-refractivity contribution is 0.0371. The van der Waals surface area contributed by atoms with Gasteiger partial charge in [0.25, 0.3) is 0 Å². The smallest absolute Gasteiger partial charge is 0.0594 e. The summed E-state index contributed by atoms with van der Waals surface area (Å²) in [5.41, 5.74) is 0. The van der Waals surface area contributed by atoms with Crippen LogP contribution in [-0.2, 0) is 4.74 Å². The SMILES string of the molecule is CCCCCCCCCN1CCOCC1.Cl.Cl.Cl. The fourth-order valence-corrected chi connectivity index (χ4v) is 2.12. The minimum absolute atomic E-state index is 0. The van der Waals surface area contributed by atoms with E-state index in [1.54, 1.807) is 0 Å². The monoisotopic (exact) mass is 321 g/mol. The van der Waals surface area contributed by atoms with Crippen molar-refractivity contribution in [2.45, 2.75) is 51.9 Å². The zero-order chi connectivity index (χ0) is 10.8. The first-order chi connectivity index (χ1) is 7.43. The van der Waals surface area contributed by atoms with E-state index >= 15 is 0 Å². The number of ether oxygens (including phenoxy) is 1. The van der Waals surface area contributed by atoms with Crippen LogP contribution in [-0.4, -0.2) is 37.7 Å². The average molecular weight is 323 g/mol. The van der Waals surface area contributed by atoms with E-state index in [2.05, 4.69) is 11.8 Å². The number of hydrogen-bond acceptors (Lipinski definition) is 2. The van der Waals surface area contributed by atoms with Crippen LogP contribution in [0.15, 0.2) is 0 Å². The van der Waals surface area contributed by atoms with E-state index < -0.39 is 0 Å². The molecule has 1 heterocycles. The average Bonchev–Trinajstić information content (AvgIpc) is 2.29. The first-order valence-electron chi connectivity index (χ1n) is 6.73. The standard InChI is InChI=1S/C13H27NO.3ClH/c1-2-3-4-5-6-7-8-9-14-10-12-15-13-11-14;;;/h2-13H2,1H3;3*1H. The van der Waals surface area contributed by atoms with Crippen LogP contribution in [0.1, 0.15) is 51.9 Å². The number of unbranched alkanes of at least 4 members (excludes halogenated alkanes) is 6. The van der Waals surface area contributed by atoms with Gasteiger partial charge in [0.1, 0.15) is 0 Å². The van der Waals surface area contributed by atoms with Crippen molar-refractivity contribution < 1.29 is 4.74 Å². The zero-order valence-electron chi connectivity index (χ0n) is 11.6. The summed E-state index contributed by atoms with van der Waals surface area (Å²) >= 11 is 0. The fraction of sp³-hybridized carbons (Fsp3) is 1.00. The molecule has 1 fully saturated rings. The molecule has 5 heteroatoms. The highest BCUT2D eigenvalue weighted by atomic mass is 35.5. The number of morpholine rings is 1. The van der Waals surface area contributed by atoms with Gasteiger partial charge >= 0.3 is 0 Å². The van der Waals surface area contributed by atoms with Crippen LogP contribution in [0.4, 0.5) is 0 Å². The van der Waals surface area contributed by atoms with Gasteiger partial charge in [-0.3, -0.25) is 4.90 Å². The van der Waals surface area contributed by atoms with Crippen molar-refractivity contribution in [3.63, 3.8) is 0 Å². The Morgan fingerprint density at radius 3 is 1.83 bits per heavy atom. The number of halogens is 3. The van der Waals surface area contributed by atoms with Crippen LogP contribution in [0.3, 0.4) is 0 Å². The highest BCUT2D eigenvalue weighted by Gasteiger charge is 2.08. The second-order valence-corrected chi connectivity index (χ2v) is 4.58. The highest BCUT2D eigenvalue weighted by Crippen LogP contribution is 2.08. The van der Waals surface area contributed by atoms with Gasteiger partial charge in [-0.05, 0) is 13.0 Å². The quantitative estimate of drug-likeness (QED) is 0.617. The molecule has 0 aromatic heterocycles. The maximum Gasteiger partial charge on any atom is 0.0594 e. The third-order valence-electron chi connectivity index (χ3n) is 3.18. The Hall–Kier alpha value is 0.790. The molecule has 0 unspecified atom stereocenters. The van der Waals surface area contributed by atoms with Gasteiger partial charge in [0.05, 0.1) is 13.2 Å². The van der Waals surface area contributed by atoms with Crippen LogP contribution in [0, 0.1) is 0 Å². The largest absolute Gasteiger partial charge is 0.379 e. The van der Waals surface area contributed by atoms with Crippen LogP contribution < -0.4 is 0 Å². The Morgan fingerprint density at radius 1 is 0.778 bits per heavy atom. The second kappa shape index (κ2) is 17.8. The molecular formula is C13H30Cl3NO. The molecule has 18 heavy (non-hydrogen) atoms. The first-order valence-corrected chi connectivity index (χ1v) is 6.73. The van der Waals surface area contributed by atoms with Crippen molar-refractivity contribution in [1.29, 1.82) is 0 Å². The molecule has 0 saturated carbocycles. The summed E-state index contributed by atoms with van der Waals surface area (Å²) in [4.78, 5) is 2.54. The molecule has 2 nitrogen and oxygen atoms in total. The summed E-state index contributed by atoms with van der Waals surface area (Å²) in [6, 6.07) is 0.